The van der Waals surface area contributed by atoms with Crippen LogP contribution in [0, 0.1) is 0 Å². The summed E-state index contributed by atoms with van der Waals surface area (Å²) in [6.45, 7) is 0.0665. The second-order valence-electron chi connectivity index (χ2n) is 3.20. The number of ether oxygens (including phenoxy) is 1. The third kappa shape index (κ3) is 5.09. The van der Waals surface area contributed by atoms with Crippen molar-refractivity contribution in [3.05, 3.63) is 0 Å². The van der Waals surface area contributed by atoms with Crippen molar-refractivity contribution in [2.24, 2.45) is 0 Å². The van der Waals surface area contributed by atoms with Crippen molar-refractivity contribution in [3.63, 3.8) is 0 Å². The fraction of sp³-hybridized carbons (Fsp3) is 0.778. The van der Waals surface area contributed by atoms with E-state index in [0.29, 0.717) is 0 Å². The molecule has 0 rings (SSSR count). The van der Waals surface area contributed by atoms with E-state index in [0.717, 1.165) is 0 Å². The molecule has 17 heavy (non-hydrogen) atoms. The number of carbonyl (C=O) groups excluding carboxylic acids is 2. The lowest BCUT2D eigenvalue weighted by molar-refractivity contribution is -0.137. The summed E-state index contributed by atoms with van der Waals surface area (Å²) >= 11 is 0. The van der Waals surface area contributed by atoms with E-state index in [1.165, 1.54) is 0 Å². The highest BCUT2D eigenvalue weighted by atomic mass is 16.5. The van der Waals surface area contributed by atoms with Crippen molar-refractivity contribution in [1.82, 2.24) is 5.32 Å². The monoisotopic (exact) mass is 251 g/mol. The van der Waals surface area contributed by atoms with E-state index in [9.17, 15) is 14.7 Å². The molecule has 0 aromatic rings. The van der Waals surface area contributed by atoms with E-state index in [4.69, 9.17) is 15.3 Å². The molecule has 0 bridgehead atoms. The number of nitrogens with one attached hydrogen (secondary N) is 1. The summed E-state index contributed by atoms with van der Waals surface area (Å²) in [5.74, 6) is -1.01. The van der Waals surface area contributed by atoms with Crippen LogP contribution in [0.3, 0.4) is 0 Å². The number of rotatable bonds is 7. The molecule has 0 saturated heterocycles. The molecule has 100 valence electrons. The zero-order valence-corrected chi connectivity index (χ0v) is 9.37. The van der Waals surface area contributed by atoms with Gasteiger partial charge in [0.2, 0.25) is 0 Å². The van der Waals surface area contributed by atoms with Gasteiger partial charge in [-0.25, -0.2) is 4.79 Å². The van der Waals surface area contributed by atoms with Gasteiger partial charge in [-0.1, -0.05) is 0 Å². The van der Waals surface area contributed by atoms with E-state index in [1.54, 1.807) is 6.92 Å². The maximum absolute atomic E-state index is 11.5. The van der Waals surface area contributed by atoms with Gasteiger partial charge in [0.25, 0.3) is 0 Å². The molecule has 0 aromatic carbocycles. The van der Waals surface area contributed by atoms with Gasteiger partial charge in [-0.3, -0.25) is 4.79 Å². The second kappa shape index (κ2) is 7.96. The average molecular weight is 251 g/mol. The molecule has 0 fully saturated rings. The van der Waals surface area contributed by atoms with Crippen LogP contribution in [0.5, 0.6) is 0 Å². The van der Waals surface area contributed by atoms with Crippen LogP contribution in [-0.2, 0) is 9.53 Å². The van der Waals surface area contributed by atoms with Gasteiger partial charge in [0.15, 0.2) is 5.78 Å². The standard InChI is InChI=1S/C9H17NO7/c1-2-17-9(16)10-5(3-11)7(14)8(15)6(13)4-12/h5-6,8,11-13,15H,2-4H2,1H3,(H,10,16)/t5-,6+,8+/m0/s1. The highest BCUT2D eigenvalue weighted by molar-refractivity contribution is 5.91. The molecular weight excluding hydrogens is 234 g/mol. The summed E-state index contributed by atoms with van der Waals surface area (Å²) in [5, 5.41) is 37.7. The largest absolute Gasteiger partial charge is 0.450 e. The number of amides is 1. The van der Waals surface area contributed by atoms with Crippen LogP contribution in [0.1, 0.15) is 6.92 Å². The lowest BCUT2D eigenvalue weighted by Gasteiger charge is -2.20. The Bertz CT molecular complexity index is 258. The van der Waals surface area contributed by atoms with Crippen molar-refractivity contribution >= 4 is 11.9 Å². The lowest BCUT2D eigenvalue weighted by Crippen LogP contribution is -2.51. The number of Topliss-reactive ketones (excluding diaryl/α,β-unsaturated/α-hetero) is 1. The highest BCUT2D eigenvalue weighted by Crippen LogP contribution is 1.99. The molecular formula is C9H17NO7. The Morgan fingerprint density at radius 1 is 1.24 bits per heavy atom. The van der Waals surface area contributed by atoms with Crippen LogP contribution >= 0.6 is 0 Å². The van der Waals surface area contributed by atoms with Gasteiger partial charge in [0, 0.05) is 0 Å². The summed E-state index contributed by atoms with van der Waals surface area (Å²) < 4.78 is 4.48. The minimum atomic E-state index is -1.89. The Morgan fingerprint density at radius 3 is 2.24 bits per heavy atom. The molecule has 0 unspecified atom stereocenters. The van der Waals surface area contributed by atoms with Crippen LogP contribution in [0.2, 0.25) is 0 Å². The minimum Gasteiger partial charge on any atom is -0.450 e. The van der Waals surface area contributed by atoms with E-state index >= 15 is 0 Å². The number of alkyl carbamates (subject to hydrolysis) is 1. The zero-order valence-electron chi connectivity index (χ0n) is 9.37. The summed E-state index contributed by atoms with van der Waals surface area (Å²) in [5.41, 5.74) is 0. The molecule has 1 amide bonds. The summed E-state index contributed by atoms with van der Waals surface area (Å²) in [7, 11) is 0. The minimum absolute atomic E-state index is 0.0833. The summed E-state index contributed by atoms with van der Waals surface area (Å²) in [6.07, 6.45) is -4.48. The second-order valence-corrected chi connectivity index (χ2v) is 3.20. The van der Waals surface area contributed by atoms with E-state index in [-0.39, 0.29) is 6.61 Å². The highest BCUT2D eigenvalue weighted by Gasteiger charge is 2.31. The molecule has 8 nitrogen and oxygen atoms in total. The first-order chi connectivity index (χ1) is 7.97. The van der Waals surface area contributed by atoms with Crippen molar-refractivity contribution in [2.75, 3.05) is 19.8 Å². The van der Waals surface area contributed by atoms with Gasteiger partial charge in [0.1, 0.15) is 18.2 Å². The zero-order chi connectivity index (χ0) is 13.4. The smallest absolute Gasteiger partial charge is 0.407 e. The molecule has 5 N–H and O–H groups in total. The van der Waals surface area contributed by atoms with Gasteiger partial charge in [-0.05, 0) is 6.92 Å². The maximum atomic E-state index is 11.5. The molecule has 0 aliphatic carbocycles. The van der Waals surface area contributed by atoms with Crippen molar-refractivity contribution in [3.8, 4) is 0 Å². The molecule has 0 aliphatic rings. The first-order valence-electron chi connectivity index (χ1n) is 5.02. The van der Waals surface area contributed by atoms with Crippen LogP contribution in [0.25, 0.3) is 0 Å². The number of carbonyl (C=O) groups is 2. The third-order valence-electron chi connectivity index (χ3n) is 1.94. The van der Waals surface area contributed by atoms with E-state index in [2.05, 4.69) is 4.74 Å². The third-order valence-corrected chi connectivity index (χ3v) is 1.94. The van der Waals surface area contributed by atoms with Crippen LogP contribution in [0.15, 0.2) is 0 Å². The lowest BCUT2D eigenvalue weighted by atomic mass is 10.0. The normalized spacial score (nSPS) is 15.8. The van der Waals surface area contributed by atoms with Gasteiger partial charge in [-0.15, -0.1) is 0 Å². The van der Waals surface area contributed by atoms with Crippen molar-refractivity contribution < 1.29 is 34.8 Å². The van der Waals surface area contributed by atoms with Crippen molar-refractivity contribution in [2.45, 2.75) is 25.2 Å². The van der Waals surface area contributed by atoms with Crippen LogP contribution < -0.4 is 5.32 Å². The Balaban J connectivity index is 4.44. The Labute approximate surface area is 97.8 Å². The van der Waals surface area contributed by atoms with E-state index < -0.39 is 43.3 Å². The number of hydrogen-bond acceptors (Lipinski definition) is 7. The predicted octanol–water partition coefficient (Wildman–Crippen LogP) is -2.62. The molecule has 0 aromatic heterocycles. The topological polar surface area (TPSA) is 136 Å². The molecule has 0 radical (unpaired) electrons. The fourth-order valence-electron chi connectivity index (χ4n) is 1.02. The Morgan fingerprint density at radius 2 is 1.82 bits per heavy atom. The van der Waals surface area contributed by atoms with E-state index in [1.807, 2.05) is 5.32 Å². The van der Waals surface area contributed by atoms with Gasteiger partial charge >= 0.3 is 6.09 Å². The van der Waals surface area contributed by atoms with Crippen LogP contribution in [0.4, 0.5) is 4.79 Å². The van der Waals surface area contributed by atoms with Crippen molar-refractivity contribution in [1.29, 1.82) is 0 Å². The van der Waals surface area contributed by atoms with Gasteiger partial charge in [0.05, 0.1) is 19.8 Å². The predicted molar refractivity (Wildman–Crippen MR) is 55.1 cm³/mol. The average Bonchev–Trinajstić information content (AvgIpc) is 2.33. The maximum Gasteiger partial charge on any atom is 0.407 e. The summed E-state index contributed by atoms with van der Waals surface area (Å²) in [6, 6.07) is -1.40. The number of aliphatic hydroxyl groups is 4. The molecule has 0 spiro atoms. The molecule has 0 aliphatic heterocycles. The van der Waals surface area contributed by atoms with Gasteiger partial charge < -0.3 is 30.5 Å². The first kappa shape index (κ1) is 15.8. The summed E-state index contributed by atoms with van der Waals surface area (Å²) in [4.78, 5) is 22.5. The number of aliphatic hydroxyl groups excluding tert-OH is 4. The number of hydrogen-bond donors (Lipinski definition) is 5. The molecule has 3 atom stereocenters. The number of ketones is 1. The first-order valence-corrected chi connectivity index (χ1v) is 5.02. The molecule has 0 heterocycles. The molecule has 0 saturated carbocycles. The SMILES string of the molecule is CCOC(=O)N[C@@H](CO)C(=O)[C@H](O)[C@H](O)CO. The molecule has 8 heteroatoms. The fourth-order valence-corrected chi connectivity index (χ4v) is 1.02. The van der Waals surface area contributed by atoms with Gasteiger partial charge in [-0.2, -0.15) is 0 Å². The Kier molecular flexibility index (Phi) is 7.39. The quantitative estimate of drug-likeness (QED) is 0.334. The van der Waals surface area contributed by atoms with Crippen LogP contribution in [-0.4, -0.2) is 70.4 Å². The Hall–Kier alpha value is -1.22.